The van der Waals surface area contributed by atoms with Gasteiger partial charge in [-0.15, -0.1) is 0 Å². The Hall–Kier alpha value is -3.22. The van der Waals surface area contributed by atoms with Crippen molar-refractivity contribution in [2.45, 2.75) is 6.92 Å². The van der Waals surface area contributed by atoms with Crippen molar-refractivity contribution >= 4 is 17.6 Å². The van der Waals surface area contributed by atoms with E-state index in [-0.39, 0.29) is 11.8 Å². The van der Waals surface area contributed by atoms with Crippen molar-refractivity contribution in [2.24, 2.45) is 7.05 Å². The maximum Gasteiger partial charge on any atom is 0.332 e. The maximum atomic E-state index is 12.0. The highest BCUT2D eigenvalue weighted by molar-refractivity contribution is 5.95. The number of benzene rings is 1. The fraction of sp³-hybridized carbons (Fsp3) is 0.125. The van der Waals surface area contributed by atoms with Gasteiger partial charge in [0, 0.05) is 36.6 Å². The van der Waals surface area contributed by atoms with Crippen molar-refractivity contribution in [3.8, 4) is 11.3 Å². The first kappa shape index (κ1) is 14.7. The van der Waals surface area contributed by atoms with E-state index in [1.165, 1.54) is 24.0 Å². The number of anilines is 1. The van der Waals surface area contributed by atoms with E-state index in [1.807, 2.05) is 12.1 Å². The molecule has 1 aromatic carbocycles. The highest BCUT2D eigenvalue weighted by Gasteiger charge is 2.12. The molecule has 7 nitrogen and oxygen atoms in total. The fourth-order valence-electron chi connectivity index (χ4n) is 2.25. The number of nitrogens with one attached hydrogen (secondary N) is 1. The van der Waals surface area contributed by atoms with Crippen LogP contribution in [-0.4, -0.2) is 31.1 Å². The molecule has 3 rings (SSSR count). The zero-order valence-electron chi connectivity index (χ0n) is 12.7. The van der Waals surface area contributed by atoms with Gasteiger partial charge in [-0.3, -0.25) is 19.4 Å². The van der Waals surface area contributed by atoms with Crippen LogP contribution in [0, 0.1) is 0 Å². The van der Waals surface area contributed by atoms with E-state index in [9.17, 15) is 9.59 Å². The molecule has 0 aliphatic carbocycles. The summed E-state index contributed by atoms with van der Waals surface area (Å²) in [7, 11) is 1.78. The van der Waals surface area contributed by atoms with Gasteiger partial charge in [-0.2, -0.15) is 5.10 Å². The topological polar surface area (TPSA) is 81.8 Å². The molecule has 0 atom stereocenters. The molecule has 0 saturated heterocycles. The minimum absolute atomic E-state index is 0.00246. The van der Waals surface area contributed by atoms with E-state index in [1.54, 1.807) is 36.1 Å². The Balaban J connectivity index is 1.88. The number of Topliss-reactive ketones (excluding diaryl/α,β-unsaturated/α-hetero) is 1. The second kappa shape index (κ2) is 5.88. The number of aromatic nitrogens is 4. The summed E-state index contributed by atoms with van der Waals surface area (Å²) in [5.41, 5.74) is 2.29. The third-order valence-electron chi connectivity index (χ3n) is 3.42. The normalized spacial score (nSPS) is 10.5. The van der Waals surface area contributed by atoms with Crippen LogP contribution in [0.1, 0.15) is 17.3 Å². The van der Waals surface area contributed by atoms with Gasteiger partial charge < -0.3 is 0 Å². The number of imidazole rings is 1. The molecule has 0 radical (unpaired) electrons. The summed E-state index contributed by atoms with van der Waals surface area (Å²) in [4.78, 5) is 27.3. The van der Waals surface area contributed by atoms with Gasteiger partial charge in [0.05, 0.1) is 5.69 Å². The number of amides is 1. The quantitative estimate of drug-likeness (QED) is 0.754. The van der Waals surface area contributed by atoms with Crippen molar-refractivity contribution in [3.05, 3.63) is 54.6 Å². The van der Waals surface area contributed by atoms with E-state index in [0.29, 0.717) is 11.4 Å². The van der Waals surface area contributed by atoms with Crippen LogP contribution in [0.25, 0.3) is 11.3 Å². The summed E-state index contributed by atoms with van der Waals surface area (Å²) in [6.07, 6.45) is 4.49. The molecule has 116 valence electrons. The second-order valence-electron chi connectivity index (χ2n) is 5.08. The molecule has 1 amide bonds. The van der Waals surface area contributed by atoms with Gasteiger partial charge >= 0.3 is 6.03 Å². The van der Waals surface area contributed by atoms with Crippen molar-refractivity contribution in [3.63, 3.8) is 0 Å². The number of hydrogen-bond donors (Lipinski definition) is 1. The van der Waals surface area contributed by atoms with Gasteiger partial charge in [0.15, 0.2) is 11.6 Å². The standard InChI is InChI=1S/C16H15N5O2/c1-11(22)12-4-3-5-13(8-12)14-9-15(19-20(14)2)18-16(23)21-7-6-17-10-21/h3-10H,1-2H3,(H,18,19,23). The molecule has 2 heterocycles. The number of carbonyl (C=O) groups excluding carboxylic acids is 2. The zero-order valence-corrected chi connectivity index (χ0v) is 12.7. The van der Waals surface area contributed by atoms with Gasteiger partial charge in [-0.05, 0) is 13.0 Å². The van der Waals surface area contributed by atoms with Gasteiger partial charge in [-0.25, -0.2) is 9.78 Å². The molecule has 3 aromatic rings. The van der Waals surface area contributed by atoms with Crippen LogP contribution in [0.4, 0.5) is 10.6 Å². The average Bonchev–Trinajstić information content (AvgIpc) is 3.17. The Morgan fingerprint density at radius 3 is 2.74 bits per heavy atom. The lowest BCUT2D eigenvalue weighted by Crippen LogP contribution is -2.18. The Labute approximate surface area is 132 Å². The van der Waals surface area contributed by atoms with E-state index >= 15 is 0 Å². The van der Waals surface area contributed by atoms with Crippen LogP contribution in [0.15, 0.2) is 49.1 Å². The molecule has 23 heavy (non-hydrogen) atoms. The van der Waals surface area contributed by atoms with E-state index < -0.39 is 0 Å². The lowest BCUT2D eigenvalue weighted by atomic mass is 10.1. The molecule has 1 N–H and O–H groups in total. The first-order valence-electron chi connectivity index (χ1n) is 6.99. The van der Waals surface area contributed by atoms with Crippen LogP contribution in [-0.2, 0) is 7.05 Å². The van der Waals surface area contributed by atoms with E-state index in [2.05, 4.69) is 15.4 Å². The molecule has 0 saturated carbocycles. The van der Waals surface area contributed by atoms with Gasteiger partial charge in [0.25, 0.3) is 0 Å². The summed E-state index contributed by atoms with van der Waals surface area (Å²) in [5, 5.41) is 6.98. The summed E-state index contributed by atoms with van der Waals surface area (Å²) in [6, 6.07) is 8.71. The van der Waals surface area contributed by atoms with Crippen LogP contribution in [0.5, 0.6) is 0 Å². The molecule has 0 spiro atoms. The van der Waals surface area contributed by atoms with Gasteiger partial charge in [0.1, 0.15) is 6.33 Å². The number of ketones is 1. The highest BCUT2D eigenvalue weighted by Crippen LogP contribution is 2.23. The van der Waals surface area contributed by atoms with Crippen molar-refractivity contribution in [2.75, 3.05) is 5.32 Å². The van der Waals surface area contributed by atoms with Gasteiger partial charge in [-0.1, -0.05) is 18.2 Å². The lowest BCUT2D eigenvalue weighted by molar-refractivity contribution is 0.101. The first-order chi connectivity index (χ1) is 11.0. The molecule has 0 unspecified atom stereocenters. The number of aryl methyl sites for hydroxylation is 1. The summed E-state index contributed by atoms with van der Waals surface area (Å²) in [6.45, 7) is 1.53. The van der Waals surface area contributed by atoms with Crippen LogP contribution < -0.4 is 5.32 Å². The van der Waals surface area contributed by atoms with E-state index in [4.69, 9.17) is 0 Å². The maximum absolute atomic E-state index is 12.0. The Bertz CT molecular complexity index is 864. The summed E-state index contributed by atoms with van der Waals surface area (Å²) < 4.78 is 2.98. The first-order valence-corrected chi connectivity index (χ1v) is 6.99. The summed E-state index contributed by atoms with van der Waals surface area (Å²) >= 11 is 0. The molecule has 0 aliphatic heterocycles. The smallest absolute Gasteiger partial charge is 0.295 e. The summed E-state index contributed by atoms with van der Waals surface area (Å²) in [5.74, 6) is 0.428. The van der Waals surface area contributed by atoms with Crippen molar-refractivity contribution < 1.29 is 9.59 Å². The Morgan fingerprint density at radius 2 is 2.04 bits per heavy atom. The monoisotopic (exact) mass is 309 g/mol. The molecule has 7 heteroatoms. The molecular weight excluding hydrogens is 294 g/mol. The zero-order chi connectivity index (χ0) is 16.4. The van der Waals surface area contributed by atoms with Crippen LogP contribution >= 0.6 is 0 Å². The Kier molecular flexibility index (Phi) is 3.76. The molecular formula is C16H15N5O2. The van der Waals surface area contributed by atoms with Gasteiger partial charge in [0.2, 0.25) is 0 Å². The van der Waals surface area contributed by atoms with E-state index in [0.717, 1.165) is 11.3 Å². The lowest BCUT2D eigenvalue weighted by Gasteiger charge is -2.03. The molecule has 0 fully saturated rings. The number of carbonyl (C=O) groups is 2. The third kappa shape index (κ3) is 3.03. The van der Waals surface area contributed by atoms with Crippen molar-refractivity contribution in [1.82, 2.24) is 19.3 Å². The fourth-order valence-corrected chi connectivity index (χ4v) is 2.25. The number of rotatable bonds is 3. The minimum atomic E-state index is -0.343. The molecule has 2 aromatic heterocycles. The SMILES string of the molecule is CC(=O)c1cccc(-c2cc(NC(=O)n3ccnc3)nn2C)c1. The highest BCUT2D eigenvalue weighted by atomic mass is 16.2. The molecule has 0 aliphatic rings. The molecule has 0 bridgehead atoms. The third-order valence-corrected chi connectivity index (χ3v) is 3.42. The predicted octanol–water partition coefficient (Wildman–Crippen LogP) is 2.57. The average molecular weight is 309 g/mol. The largest absolute Gasteiger partial charge is 0.332 e. The van der Waals surface area contributed by atoms with Crippen molar-refractivity contribution in [1.29, 1.82) is 0 Å². The number of hydrogen-bond acceptors (Lipinski definition) is 4. The number of nitrogens with zero attached hydrogens (tertiary/aromatic N) is 4. The Morgan fingerprint density at radius 1 is 1.22 bits per heavy atom. The minimum Gasteiger partial charge on any atom is -0.295 e. The van der Waals surface area contributed by atoms with Crippen LogP contribution in [0.2, 0.25) is 0 Å². The predicted molar refractivity (Wildman–Crippen MR) is 85.3 cm³/mol. The van der Waals surface area contributed by atoms with Crippen LogP contribution in [0.3, 0.4) is 0 Å². The second-order valence-corrected chi connectivity index (χ2v) is 5.08.